The molecule has 0 N–H and O–H groups in total. The number of rotatable bonds is 0. The highest BCUT2D eigenvalue weighted by Crippen LogP contribution is 2.40. The zero-order valence-corrected chi connectivity index (χ0v) is 52.3. The summed E-state index contributed by atoms with van der Waals surface area (Å²) in [6.45, 7) is 49.4. The predicted molar refractivity (Wildman–Crippen MR) is 309 cm³/mol. The van der Waals surface area contributed by atoms with Gasteiger partial charge >= 0.3 is 0 Å². The molecule has 0 radical (unpaired) electrons. The molecule has 32 atom stereocenters. The van der Waals surface area contributed by atoms with Gasteiger partial charge < -0.3 is 75.8 Å². The van der Waals surface area contributed by atoms with Gasteiger partial charge in [-0.15, -0.1) is 0 Å². The Morgan fingerprint density at radius 1 is 0.123 bits per heavy atom. The van der Waals surface area contributed by atoms with Crippen molar-refractivity contribution in [2.24, 2.45) is 94.7 Å². The van der Waals surface area contributed by atoms with E-state index in [-0.39, 0.29) is 7.43 Å². The minimum Gasteiger partial charge on any atom is -0.375 e. The maximum atomic E-state index is 5.58. The van der Waals surface area contributed by atoms with Gasteiger partial charge in [0.05, 0.1) is 203 Å². The van der Waals surface area contributed by atoms with Crippen LogP contribution in [0.2, 0.25) is 0 Å². The zero-order chi connectivity index (χ0) is 57.1. The van der Waals surface area contributed by atoms with Crippen molar-refractivity contribution in [2.45, 2.75) is 216 Å². The average molecular weight is 1150 g/mol. The van der Waals surface area contributed by atoms with E-state index in [1.165, 1.54) is 0 Å². The van der Waals surface area contributed by atoms with E-state index >= 15 is 0 Å². The van der Waals surface area contributed by atoms with Crippen molar-refractivity contribution in [3.63, 3.8) is 0 Å². The van der Waals surface area contributed by atoms with E-state index < -0.39 is 0 Å². The van der Waals surface area contributed by atoms with Crippen molar-refractivity contribution < 1.29 is 75.8 Å². The summed E-state index contributed by atoms with van der Waals surface area (Å²) in [6.07, 6.45) is 6.37. The summed E-state index contributed by atoms with van der Waals surface area (Å²) >= 11 is 0. The Balaban J connectivity index is 0.000000121. The molecule has 0 aliphatic carbocycles. The molecule has 16 rings (SSSR count). The van der Waals surface area contributed by atoms with Gasteiger partial charge in [0.25, 0.3) is 0 Å². The lowest BCUT2D eigenvalue weighted by Gasteiger charge is -2.10. The molecule has 16 heterocycles. The summed E-state index contributed by atoms with van der Waals surface area (Å²) in [6, 6.07) is 0. The van der Waals surface area contributed by atoms with Crippen LogP contribution in [0, 0.1) is 94.7 Å². The third-order valence-electron chi connectivity index (χ3n) is 20.4. The second-order valence-corrected chi connectivity index (χ2v) is 28.4. The van der Waals surface area contributed by atoms with Crippen molar-refractivity contribution in [1.82, 2.24) is 0 Å². The van der Waals surface area contributed by atoms with Crippen molar-refractivity contribution >= 4 is 0 Å². The first-order valence-corrected chi connectivity index (χ1v) is 32.2. The first-order chi connectivity index (χ1) is 38.3. The lowest BCUT2D eigenvalue weighted by Crippen LogP contribution is -2.23. The molecule has 16 heteroatoms. The topological polar surface area (TPSA) is 148 Å². The lowest BCUT2D eigenvalue weighted by atomic mass is 9.99. The minimum absolute atomic E-state index is 0. The van der Waals surface area contributed by atoms with Gasteiger partial charge in [0.1, 0.15) is 0 Å². The van der Waals surface area contributed by atoms with Crippen molar-refractivity contribution in [2.75, 3.05) is 106 Å². The molecule has 16 saturated heterocycles. The fourth-order valence-corrected chi connectivity index (χ4v) is 15.1. The third kappa shape index (κ3) is 15.4. The van der Waals surface area contributed by atoms with Crippen LogP contribution in [0.1, 0.15) is 118 Å². The fourth-order valence-electron chi connectivity index (χ4n) is 15.1. The first-order valence-electron chi connectivity index (χ1n) is 32.2. The molecule has 16 nitrogen and oxygen atoms in total. The SMILES string of the molecule is C.C[C@@H]1CO[C@@H]2[C@H]1OC[C@@H]2C.C[C@@H]1CO[C@@H]2[C@H]1OC[C@@H]2C.C[C@@H]1CO[C@@H]2[C@H]1OC[C@H]2C.C[C@@H]1CO[C@H]2[C@@H]1OC[C@@H]2C.C[C@@H]1CO[C@H]2[C@@H]1OC[C@@H]2C.C[C@@H]1CO[C@H]2[C@@H]1OC[C@H]2C.C[C@H]1CO[C@@H]2[C@H]1OC[C@@H]2C.C[C@H]1CO[C@H]2[C@@H]1OC[C@@H]2C. The van der Waals surface area contributed by atoms with Gasteiger partial charge in [-0.25, -0.2) is 0 Å². The number of ether oxygens (including phenoxy) is 16. The lowest BCUT2D eigenvalue weighted by molar-refractivity contribution is 0.0627. The molecule has 16 fully saturated rings. The first kappa shape index (κ1) is 66.3. The maximum absolute atomic E-state index is 5.58. The van der Waals surface area contributed by atoms with E-state index in [1.54, 1.807) is 0 Å². The zero-order valence-electron chi connectivity index (χ0n) is 52.3. The second kappa shape index (κ2) is 30.0. The van der Waals surface area contributed by atoms with Crippen LogP contribution in [0.3, 0.4) is 0 Å². The highest BCUT2D eigenvalue weighted by molar-refractivity contribution is 4.96. The average Bonchev–Trinajstić information content (AvgIpc) is 4.22. The van der Waals surface area contributed by atoms with Crippen LogP contribution in [0.25, 0.3) is 0 Å². The molecular weight excluding hydrogens is 1040 g/mol. The molecule has 0 unspecified atom stereocenters. The molecule has 16 aliphatic heterocycles. The van der Waals surface area contributed by atoms with Crippen LogP contribution in [0.15, 0.2) is 0 Å². The smallest absolute Gasteiger partial charge is 0.0887 e. The molecule has 0 amide bonds. The summed E-state index contributed by atoms with van der Waals surface area (Å²) in [5.41, 5.74) is 0. The molecule has 81 heavy (non-hydrogen) atoms. The van der Waals surface area contributed by atoms with Crippen molar-refractivity contribution in [1.29, 1.82) is 0 Å². The Morgan fingerprint density at radius 3 is 0.222 bits per heavy atom. The van der Waals surface area contributed by atoms with Gasteiger partial charge in [0, 0.05) is 94.7 Å². The van der Waals surface area contributed by atoms with Gasteiger partial charge in [-0.1, -0.05) is 118 Å². The standard InChI is InChI=1S/8C8H14O2.CH4/c8*1-5-3-9-8-6(2)4-10-7(5)8;/h8*5-8H,3-4H2,1-2H3;1H4/t4*5-,6+,7-,8-;2*5-,6-,7+,8+;2*5-,6-,7-,8-;/m11001010./s1. The van der Waals surface area contributed by atoms with Crippen molar-refractivity contribution in [3.8, 4) is 0 Å². The van der Waals surface area contributed by atoms with Crippen LogP contribution >= 0.6 is 0 Å². The molecule has 0 spiro atoms. The Labute approximate surface area is 490 Å². The van der Waals surface area contributed by atoms with Gasteiger partial charge in [0.15, 0.2) is 0 Å². The molecule has 16 aliphatic rings. The Hall–Kier alpha value is -0.640. The summed E-state index contributed by atoms with van der Waals surface area (Å²) < 4.78 is 89.2. The van der Waals surface area contributed by atoms with Gasteiger partial charge in [-0.3, -0.25) is 0 Å². The van der Waals surface area contributed by atoms with Gasteiger partial charge in [-0.2, -0.15) is 0 Å². The normalized spacial score (nSPS) is 52.7. The molecule has 0 aromatic carbocycles. The van der Waals surface area contributed by atoms with Gasteiger partial charge in [0.2, 0.25) is 0 Å². The van der Waals surface area contributed by atoms with E-state index in [0.717, 1.165) is 106 Å². The van der Waals surface area contributed by atoms with E-state index in [4.69, 9.17) is 75.8 Å². The summed E-state index contributed by atoms with van der Waals surface area (Å²) in [5, 5.41) is 0. The fraction of sp³-hybridized carbons (Fsp3) is 1.00. The summed E-state index contributed by atoms with van der Waals surface area (Å²) in [4.78, 5) is 0. The Kier molecular flexibility index (Phi) is 24.6. The largest absolute Gasteiger partial charge is 0.375 e. The number of fused-ring (bicyclic) bond motifs is 8. The number of hydrogen-bond acceptors (Lipinski definition) is 16. The highest BCUT2D eigenvalue weighted by atomic mass is 16.6. The summed E-state index contributed by atoms with van der Waals surface area (Å²) in [7, 11) is 0. The molecule has 0 aromatic heterocycles. The second-order valence-electron chi connectivity index (χ2n) is 28.4. The molecular formula is C65H116O16. The van der Waals surface area contributed by atoms with Crippen LogP contribution in [0.5, 0.6) is 0 Å². The van der Waals surface area contributed by atoms with Crippen LogP contribution in [-0.2, 0) is 75.8 Å². The minimum atomic E-state index is 0. The van der Waals surface area contributed by atoms with Crippen LogP contribution in [-0.4, -0.2) is 203 Å². The predicted octanol–water partition coefficient (Wildman–Crippen LogP) is 9.09. The van der Waals surface area contributed by atoms with E-state index in [2.05, 4.69) is 111 Å². The molecule has 472 valence electrons. The van der Waals surface area contributed by atoms with Crippen LogP contribution < -0.4 is 0 Å². The summed E-state index contributed by atoms with van der Waals surface area (Å²) in [5.74, 6) is 9.70. The maximum Gasteiger partial charge on any atom is 0.0887 e. The van der Waals surface area contributed by atoms with Crippen LogP contribution in [0.4, 0.5) is 0 Å². The Morgan fingerprint density at radius 2 is 0.173 bits per heavy atom. The number of hydrogen-bond donors (Lipinski definition) is 0. The monoisotopic (exact) mass is 1150 g/mol. The van der Waals surface area contributed by atoms with E-state index in [9.17, 15) is 0 Å². The van der Waals surface area contributed by atoms with E-state index in [1.807, 2.05) is 0 Å². The highest BCUT2D eigenvalue weighted by Gasteiger charge is 2.49. The van der Waals surface area contributed by atoms with Gasteiger partial charge in [-0.05, 0) is 0 Å². The Bertz CT molecular complexity index is 1340. The quantitative estimate of drug-likeness (QED) is 0.227. The van der Waals surface area contributed by atoms with Crippen molar-refractivity contribution in [3.05, 3.63) is 0 Å². The molecule has 0 aromatic rings. The molecule has 0 saturated carbocycles. The molecule has 0 bridgehead atoms. The van der Waals surface area contributed by atoms with E-state index in [0.29, 0.717) is 192 Å². The third-order valence-corrected chi connectivity index (χ3v) is 20.4.